The lowest BCUT2D eigenvalue weighted by Crippen LogP contribution is -2.24. The van der Waals surface area contributed by atoms with E-state index in [1.807, 2.05) is 22.7 Å². The molecule has 0 saturated carbocycles. The molecule has 3 aromatic heterocycles. The first kappa shape index (κ1) is 43.1. The zero-order valence-corrected chi connectivity index (χ0v) is 42.8. The lowest BCUT2D eigenvalue weighted by atomic mass is 9.71. The normalized spacial score (nSPS) is 14.0. The van der Waals surface area contributed by atoms with Gasteiger partial charge in [-0.2, -0.15) is 0 Å². The van der Waals surface area contributed by atoms with Gasteiger partial charge in [-0.15, -0.1) is 22.7 Å². The number of hydrogen-bond acceptors (Lipinski definition) is 5. The van der Waals surface area contributed by atoms with Crippen molar-refractivity contribution >= 4 is 130 Å². The molecule has 1 aliphatic carbocycles. The summed E-state index contributed by atoms with van der Waals surface area (Å²) < 4.78 is 12.3. The second-order valence-electron chi connectivity index (χ2n) is 22.3. The Labute approximate surface area is 418 Å². The maximum atomic E-state index is 7.08. The largest absolute Gasteiger partial charge is 0.456 e. The molecule has 0 N–H and O–H groups in total. The molecule has 3 nitrogen and oxygen atoms in total. The first-order valence-corrected chi connectivity index (χ1v) is 26.4. The summed E-state index contributed by atoms with van der Waals surface area (Å²) in [6.45, 7) is 18.5. The molecule has 344 valence electrons. The number of nitrogens with zero attached hydrogens (tertiary/aromatic N) is 2. The molecule has 5 heteroatoms. The molecule has 70 heavy (non-hydrogen) atoms. The molecule has 0 aliphatic heterocycles. The second kappa shape index (κ2) is 15.5. The molecule has 13 rings (SSSR count). The summed E-state index contributed by atoms with van der Waals surface area (Å²) in [6, 6.07) is 64.0. The Balaban J connectivity index is 0.995. The highest BCUT2D eigenvalue weighted by molar-refractivity contribution is 7.26. The van der Waals surface area contributed by atoms with Crippen molar-refractivity contribution in [3.05, 3.63) is 192 Å². The van der Waals surface area contributed by atoms with Gasteiger partial charge in [0.15, 0.2) is 0 Å². The first-order chi connectivity index (χ1) is 33.7. The molecule has 0 radical (unpaired) electrons. The third kappa shape index (κ3) is 6.87. The SMILES string of the molecule is CC(C)(C)c1ccc(N(c2ccc3c(c2)oc2cc4c5c(c(N(c6ccc(C(C)(C)C)cc6)c6ccc7c(c6)sc6ccccc67)ccc5c23)CCC4(C)C)c2ccc3c(c2)sc2ccccc23)cc1. The molecule has 12 aromatic rings. The number of benzene rings is 9. The Morgan fingerprint density at radius 2 is 0.900 bits per heavy atom. The number of thiophene rings is 2. The standard InChI is InChI=1S/C65H56N2OS2/c1-63(2,3)39-17-21-41(22-18-39)66(44-25-28-48-46-13-9-11-15-57(46)69-59(48)36-44)43-27-30-51-55(35-43)68-56-38-53-61-50(33-34-65(53,7)8)54(32-31-52(61)62(51)56)67(42-23-19-40(20-24-42)64(4,5)6)45-26-29-49-47-14-10-12-16-58(47)70-60(49)37-45/h9-32,35-38H,33-34H2,1-8H3. The second-order valence-corrected chi connectivity index (χ2v) is 24.4. The highest BCUT2D eigenvalue weighted by Gasteiger charge is 2.34. The van der Waals surface area contributed by atoms with Crippen molar-refractivity contribution in [2.24, 2.45) is 0 Å². The molecular formula is C65H56N2OS2. The lowest BCUT2D eigenvalue weighted by Gasteiger charge is -2.36. The number of fused-ring (bicyclic) bond motifs is 10. The minimum Gasteiger partial charge on any atom is -0.456 e. The molecule has 3 heterocycles. The number of rotatable bonds is 6. The van der Waals surface area contributed by atoms with E-state index < -0.39 is 0 Å². The van der Waals surface area contributed by atoms with Crippen LogP contribution in [0.1, 0.15) is 84.1 Å². The van der Waals surface area contributed by atoms with Crippen LogP contribution in [-0.4, -0.2) is 0 Å². The van der Waals surface area contributed by atoms with E-state index in [1.54, 1.807) is 0 Å². The summed E-state index contributed by atoms with van der Waals surface area (Å²) in [7, 11) is 0. The van der Waals surface area contributed by atoms with Crippen LogP contribution >= 0.6 is 22.7 Å². The van der Waals surface area contributed by atoms with Crippen LogP contribution in [0.25, 0.3) is 73.1 Å². The molecule has 0 spiro atoms. The zero-order chi connectivity index (χ0) is 47.8. The fourth-order valence-corrected chi connectivity index (χ4v) is 13.6. The minimum atomic E-state index is -0.0430. The van der Waals surface area contributed by atoms with Gasteiger partial charge in [0, 0.05) is 91.3 Å². The summed E-state index contributed by atoms with van der Waals surface area (Å²) in [5.41, 5.74) is 14.2. The van der Waals surface area contributed by atoms with Crippen LogP contribution in [-0.2, 0) is 22.7 Å². The van der Waals surface area contributed by atoms with E-state index in [-0.39, 0.29) is 16.2 Å². The van der Waals surface area contributed by atoms with Crippen LogP contribution in [0.3, 0.4) is 0 Å². The Bertz CT molecular complexity index is 4060. The van der Waals surface area contributed by atoms with E-state index in [0.29, 0.717) is 0 Å². The predicted molar refractivity (Wildman–Crippen MR) is 305 cm³/mol. The van der Waals surface area contributed by atoms with Gasteiger partial charge >= 0.3 is 0 Å². The van der Waals surface area contributed by atoms with Crippen LogP contribution in [0, 0.1) is 0 Å². The monoisotopic (exact) mass is 944 g/mol. The van der Waals surface area contributed by atoms with Crippen LogP contribution < -0.4 is 9.80 Å². The van der Waals surface area contributed by atoms with Crippen molar-refractivity contribution in [1.29, 1.82) is 0 Å². The van der Waals surface area contributed by atoms with Crippen LogP contribution in [0.15, 0.2) is 174 Å². The van der Waals surface area contributed by atoms with Gasteiger partial charge < -0.3 is 14.2 Å². The smallest absolute Gasteiger partial charge is 0.137 e. The van der Waals surface area contributed by atoms with Crippen LogP contribution in [0.2, 0.25) is 0 Å². The number of anilines is 6. The summed E-state index contributed by atoms with van der Waals surface area (Å²) >= 11 is 3.74. The van der Waals surface area contributed by atoms with Gasteiger partial charge in [-0.3, -0.25) is 0 Å². The molecule has 0 amide bonds. The molecule has 0 fully saturated rings. The van der Waals surface area contributed by atoms with Crippen molar-refractivity contribution in [3.63, 3.8) is 0 Å². The fourth-order valence-electron chi connectivity index (χ4n) is 11.4. The van der Waals surface area contributed by atoms with Crippen LogP contribution in [0.5, 0.6) is 0 Å². The van der Waals surface area contributed by atoms with E-state index in [2.05, 4.69) is 235 Å². The minimum absolute atomic E-state index is 0.0430. The average molecular weight is 945 g/mol. The van der Waals surface area contributed by atoms with E-state index >= 15 is 0 Å². The average Bonchev–Trinajstić information content (AvgIpc) is 4.03. The Morgan fingerprint density at radius 3 is 1.47 bits per heavy atom. The lowest BCUT2D eigenvalue weighted by molar-refractivity contribution is 0.474. The molecule has 9 aromatic carbocycles. The number of hydrogen-bond donors (Lipinski definition) is 0. The third-order valence-corrected chi connectivity index (χ3v) is 17.5. The van der Waals surface area contributed by atoms with Crippen molar-refractivity contribution in [2.45, 2.75) is 84.5 Å². The summed E-state index contributed by atoms with van der Waals surface area (Å²) in [5, 5.41) is 10.2. The van der Waals surface area contributed by atoms with Crippen LogP contribution in [0.4, 0.5) is 34.1 Å². The van der Waals surface area contributed by atoms with Gasteiger partial charge in [-0.1, -0.05) is 134 Å². The summed E-state index contributed by atoms with van der Waals surface area (Å²) in [4.78, 5) is 4.92. The molecule has 1 aliphatic rings. The van der Waals surface area contributed by atoms with Crippen molar-refractivity contribution < 1.29 is 4.42 Å². The topological polar surface area (TPSA) is 19.6 Å². The first-order valence-electron chi connectivity index (χ1n) is 24.8. The van der Waals surface area contributed by atoms with Crippen molar-refractivity contribution in [1.82, 2.24) is 0 Å². The van der Waals surface area contributed by atoms with Crippen molar-refractivity contribution in [2.75, 3.05) is 9.80 Å². The maximum absolute atomic E-state index is 7.08. The Kier molecular flexibility index (Phi) is 9.57. The van der Waals surface area contributed by atoms with Gasteiger partial charge in [-0.25, -0.2) is 0 Å². The van der Waals surface area contributed by atoms with Gasteiger partial charge in [-0.05, 0) is 147 Å². The Morgan fingerprint density at radius 1 is 0.429 bits per heavy atom. The van der Waals surface area contributed by atoms with E-state index in [1.165, 1.54) is 95.8 Å². The van der Waals surface area contributed by atoms with E-state index in [9.17, 15) is 0 Å². The highest BCUT2D eigenvalue weighted by atomic mass is 32.1. The predicted octanol–water partition coefficient (Wildman–Crippen LogP) is 20.2. The molecule has 0 atom stereocenters. The van der Waals surface area contributed by atoms with Gasteiger partial charge in [0.1, 0.15) is 11.2 Å². The van der Waals surface area contributed by atoms with E-state index in [0.717, 1.165) is 46.5 Å². The zero-order valence-electron chi connectivity index (χ0n) is 41.2. The number of furan rings is 1. The van der Waals surface area contributed by atoms with E-state index in [4.69, 9.17) is 4.42 Å². The van der Waals surface area contributed by atoms with Gasteiger partial charge in [0.25, 0.3) is 0 Å². The van der Waals surface area contributed by atoms with Gasteiger partial charge in [0.2, 0.25) is 0 Å². The third-order valence-electron chi connectivity index (χ3n) is 15.3. The molecular weight excluding hydrogens is 889 g/mol. The Hall–Kier alpha value is -6.92. The molecule has 0 unspecified atom stereocenters. The summed E-state index contributed by atoms with van der Waals surface area (Å²) in [5.74, 6) is 0. The fraction of sp³-hybridized carbons (Fsp3) is 0.200. The quantitative estimate of drug-likeness (QED) is 0.166. The highest BCUT2D eigenvalue weighted by Crippen LogP contribution is 2.52. The molecule has 0 bridgehead atoms. The van der Waals surface area contributed by atoms with Crippen molar-refractivity contribution in [3.8, 4) is 0 Å². The number of aryl methyl sites for hydroxylation is 1. The molecule has 0 saturated heterocycles. The maximum Gasteiger partial charge on any atom is 0.137 e. The summed E-state index contributed by atoms with van der Waals surface area (Å²) in [6.07, 6.45) is 2.02. The van der Waals surface area contributed by atoms with Gasteiger partial charge in [0.05, 0.1) is 0 Å².